The number of nitriles is 1. The summed E-state index contributed by atoms with van der Waals surface area (Å²) in [4.78, 5) is 0. The highest BCUT2D eigenvalue weighted by Gasteiger charge is 2.17. The standard InChI is InChI=1S/C10H11FN2O/c1-2-8(13)9-6(5-12)3-4-7(11)10(9)14/h3-4,8,14H,2,13H2,1H3/t8-/m0/s1. The second kappa shape index (κ2) is 4.07. The van der Waals surface area contributed by atoms with E-state index in [0.29, 0.717) is 6.42 Å². The lowest BCUT2D eigenvalue weighted by Crippen LogP contribution is -2.11. The summed E-state index contributed by atoms with van der Waals surface area (Å²) in [6, 6.07) is 3.73. The maximum atomic E-state index is 13.0. The van der Waals surface area contributed by atoms with Gasteiger partial charge in [0, 0.05) is 11.6 Å². The van der Waals surface area contributed by atoms with Crippen molar-refractivity contribution < 1.29 is 9.50 Å². The van der Waals surface area contributed by atoms with Gasteiger partial charge in [-0.15, -0.1) is 0 Å². The molecule has 0 aliphatic rings. The molecule has 1 rings (SSSR count). The van der Waals surface area contributed by atoms with Gasteiger partial charge in [0.2, 0.25) is 0 Å². The smallest absolute Gasteiger partial charge is 0.165 e. The van der Waals surface area contributed by atoms with E-state index in [9.17, 15) is 9.50 Å². The molecular formula is C10H11FN2O. The third-order valence-electron chi connectivity index (χ3n) is 2.10. The van der Waals surface area contributed by atoms with E-state index >= 15 is 0 Å². The lowest BCUT2D eigenvalue weighted by atomic mass is 9.98. The number of aromatic hydroxyl groups is 1. The highest BCUT2D eigenvalue weighted by atomic mass is 19.1. The van der Waals surface area contributed by atoms with Gasteiger partial charge in [0.15, 0.2) is 11.6 Å². The second-order valence-electron chi connectivity index (χ2n) is 2.98. The molecule has 0 saturated heterocycles. The number of hydrogen-bond acceptors (Lipinski definition) is 3. The number of benzene rings is 1. The third kappa shape index (κ3) is 1.68. The van der Waals surface area contributed by atoms with Crippen molar-refractivity contribution >= 4 is 0 Å². The Labute approximate surface area is 81.6 Å². The highest BCUT2D eigenvalue weighted by Crippen LogP contribution is 2.30. The lowest BCUT2D eigenvalue weighted by Gasteiger charge is -2.13. The Kier molecular flexibility index (Phi) is 3.05. The summed E-state index contributed by atoms with van der Waals surface area (Å²) in [5.41, 5.74) is 6.07. The molecule has 0 aliphatic heterocycles. The maximum absolute atomic E-state index is 13.0. The molecule has 0 bridgehead atoms. The summed E-state index contributed by atoms with van der Waals surface area (Å²) in [6.45, 7) is 1.80. The predicted molar refractivity (Wildman–Crippen MR) is 50.0 cm³/mol. The van der Waals surface area contributed by atoms with Crippen LogP contribution < -0.4 is 5.73 Å². The van der Waals surface area contributed by atoms with Gasteiger partial charge in [0.05, 0.1) is 11.6 Å². The quantitative estimate of drug-likeness (QED) is 0.754. The minimum atomic E-state index is -0.747. The van der Waals surface area contributed by atoms with E-state index < -0.39 is 17.6 Å². The van der Waals surface area contributed by atoms with Crippen LogP contribution in [-0.2, 0) is 0 Å². The molecule has 0 amide bonds. The first-order valence-electron chi connectivity index (χ1n) is 4.28. The van der Waals surface area contributed by atoms with Crippen LogP contribution in [0.2, 0.25) is 0 Å². The zero-order valence-corrected chi connectivity index (χ0v) is 7.79. The lowest BCUT2D eigenvalue weighted by molar-refractivity contribution is 0.419. The van der Waals surface area contributed by atoms with Crippen LogP contribution in [0.4, 0.5) is 4.39 Å². The first-order valence-corrected chi connectivity index (χ1v) is 4.28. The fourth-order valence-corrected chi connectivity index (χ4v) is 1.26. The Morgan fingerprint density at radius 1 is 1.64 bits per heavy atom. The maximum Gasteiger partial charge on any atom is 0.165 e. The van der Waals surface area contributed by atoms with Crippen molar-refractivity contribution in [1.82, 2.24) is 0 Å². The molecule has 0 saturated carbocycles. The van der Waals surface area contributed by atoms with Gasteiger partial charge in [0.25, 0.3) is 0 Å². The number of halogens is 1. The Bertz CT molecular complexity index is 384. The molecule has 0 aromatic heterocycles. The van der Waals surface area contributed by atoms with E-state index in [4.69, 9.17) is 11.0 Å². The predicted octanol–water partition coefficient (Wildman–Crippen LogP) is 1.81. The van der Waals surface area contributed by atoms with Gasteiger partial charge < -0.3 is 10.8 Å². The molecule has 14 heavy (non-hydrogen) atoms. The van der Waals surface area contributed by atoms with Crippen LogP contribution in [-0.4, -0.2) is 5.11 Å². The van der Waals surface area contributed by atoms with Crippen molar-refractivity contribution in [3.63, 3.8) is 0 Å². The first-order chi connectivity index (χ1) is 6.61. The van der Waals surface area contributed by atoms with E-state index in [1.807, 2.05) is 6.07 Å². The van der Waals surface area contributed by atoms with E-state index in [1.54, 1.807) is 6.92 Å². The molecule has 3 N–H and O–H groups in total. The molecule has 0 unspecified atom stereocenters. The highest BCUT2D eigenvalue weighted by molar-refractivity contribution is 5.48. The Balaban J connectivity index is 3.37. The normalized spacial score (nSPS) is 12.1. The summed E-state index contributed by atoms with van der Waals surface area (Å²) in [5, 5.41) is 18.1. The number of hydrogen-bond donors (Lipinski definition) is 2. The summed E-state index contributed by atoms with van der Waals surface area (Å²) in [6.07, 6.45) is 0.533. The van der Waals surface area contributed by atoms with Gasteiger partial charge >= 0.3 is 0 Å². The van der Waals surface area contributed by atoms with Gasteiger partial charge in [-0.25, -0.2) is 4.39 Å². The van der Waals surface area contributed by atoms with Crippen LogP contribution in [0.3, 0.4) is 0 Å². The van der Waals surface area contributed by atoms with Crippen molar-refractivity contribution in [1.29, 1.82) is 5.26 Å². The van der Waals surface area contributed by atoms with Crippen LogP contribution in [0.5, 0.6) is 5.75 Å². The molecule has 1 aromatic carbocycles. The largest absolute Gasteiger partial charge is 0.505 e. The summed E-state index contributed by atoms with van der Waals surface area (Å²) in [5.74, 6) is -1.26. The molecule has 4 heteroatoms. The summed E-state index contributed by atoms with van der Waals surface area (Å²) < 4.78 is 13.0. The van der Waals surface area contributed by atoms with Crippen LogP contribution in [0, 0.1) is 17.1 Å². The average molecular weight is 194 g/mol. The molecule has 0 spiro atoms. The van der Waals surface area contributed by atoms with Gasteiger partial charge in [-0.05, 0) is 18.6 Å². The molecule has 0 fully saturated rings. The van der Waals surface area contributed by atoms with Gasteiger partial charge in [-0.3, -0.25) is 0 Å². The van der Waals surface area contributed by atoms with Gasteiger partial charge in [-0.2, -0.15) is 5.26 Å². The summed E-state index contributed by atoms with van der Waals surface area (Å²) in [7, 11) is 0. The van der Waals surface area contributed by atoms with Crippen LogP contribution in [0.1, 0.15) is 30.5 Å². The number of phenolic OH excluding ortho intramolecular Hbond substituents is 1. The molecule has 0 radical (unpaired) electrons. The molecule has 3 nitrogen and oxygen atoms in total. The molecule has 1 aromatic rings. The van der Waals surface area contributed by atoms with Crippen molar-refractivity contribution in [2.24, 2.45) is 5.73 Å². The zero-order valence-electron chi connectivity index (χ0n) is 7.79. The van der Waals surface area contributed by atoms with Crippen molar-refractivity contribution in [2.45, 2.75) is 19.4 Å². The van der Waals surface area contributed by atoms with Crippen LogP contribution in [0.15, 0.2) is 12.1 Å². The van der Waals surface area contributed by atoms with E-state index in [1.165, 1.54) is 6.07 Å². The third-order valence-corrected chi connectivity index (χ3v) is 2.10. The Morgan fingerprint density at radius 3 is 2.79 bits per heavy atom. The molecule has 0 heterocycles. The Hall–Kier alpha value is -1.60. The number of nitrogens with two attached hydrogens (primary N) is 1. The molecule has 74 valence electrons. The fourth-order valence-electron chi connectivity index (χ4n) is 1.26. The molecular weight excluding hydrogens is 183 g/mol. The van der Waals surface area contributed by atoms with Crippen molar-refractivity contribution in [3.05, 3.63) is 29.1 Å². The fraction of sp³-hybridized carbons (Fsp3) is 0.300. The molecule has 0 aliphatic carbocycles. The number of nitrogens with zero attached hydrogens (tertiary/aromatic N) is 1. The van der Waals surface area contributed by atoms with Crippen LogP contribution >= 0.6 is 0 Å². The minimum absolute atomic E-state index is 0.190. The van der Waals surface area contributed by atoms with Gasteiger partial charge in [0.1, 0.15) is 0 Å². The minimum Gasteiger partial charge on any atom is -0.505 e. The van der Waals surface area contributed by atoms with E-state index in [2.05, 4.69) is 0 Å². The Morgan fingerprint density at radius 2 is 2.29 bits per heavy atom. The summed E-state index contributed by atoms with van der Waals surface area (Å²) >= 11 is 0. The monoisotopic (exact) mass is 194 g/mol. The number of rotatable bonds is 2. The van der Waals surface area contributed by atoms with Crippen LogP contribution in [0.25, 0.3) is 0 Å². The van der Waals surface area contributed by atoms with Crippen molar-refractivity contribution in [3.8, 4) is 11.8 Å². The second-order valence-corrected chi connectivity index (χ2v) is 2.98. The van der Waals surface area contributed by atoms with E-state index in [0.717, 1.165) is 6.07 Å². The zero-order chi connectivity index (χ0) is 10.7. The number of phenols is 1. The van der Waals surface area contributed by atoms with Crippen molar-refractivity contribution in [2.75, 3.05) is 0 Å². The molecule has 1 atom stereocenters. The van der Waals surface area contributed by atoms with Gasteiger partial charge in [-0.1, -0.05) is 6.92 Å². The van der Waals surface area contributed by atoms with E-state index in [-0.39, 0.29) is 11.1 Å². The SMILES string of the molecule is CC[C@H](N)c1c(C#N)ccc(F)c1O. The average Bonchev–Trinajstić information content (AvgIpc) is 2.20. The topological polar surface area (TPSA) is 70.0 Å². The first kappa shape index (κ1) is 10.5.